The number of ether oxygens (including phenoxy) is 1. The first kappa shape index (κ1) is 23.0. The number of hydrogen-bond acceptors (Lipinski definition) is 6. The molecule has 6 nitrogen and oxygen atoms in total. The smallest absolute Gasteiger partial charge is 0.230 e. The van der Waals surface area contributed by atoms with E-state index in [9.17, 15) is 4.79 Å². The summed E-state index contributed by atoms with van der Waals surface area (Å²) < 4.78 is 7.01. The van der Waals surface area contributed by atoms with E-state index in [0.717, 1.165) is 28.7 Å². The lowest BCUT2D eigenvalue weighted by Gasteiger charge is -2.33. The Kier molecular flexibility index (Phi) is 7.76. The molecule has 1 aliphatic rings. The van der Waals surface area contributed by atoms with Crippen LogP contribution in [0.2, 0.25) is 0 Å². The van der Waals surface area contributed by atoms with E-state index in [2.05, 4.69) is 53.5 Å². The summed E-state index contributed by atoms with van der Waals surface area (Å²) in [5, 5.41) is 12.4. The highest BCUT2D eigenvalue weighted by Gasteiger charge is 2.30. The first-order chi connectivity index (χ1) is 14.3. The largest absolute Gasteiger partial charge is 0.383 e. The van der Waals surface area contributed by atoms with Gasteiger partial charge in [0.1, 0.15) is 0 Å². The second-order valence-corrected chi connectivity index (χ2v) is 10.8. The Morgan fingerprint density at radius 3 is 2.97 bits per heavy atom. The highest BCUT2D eigenvalue weighted by Crippen LogP contribution is 2.42. The molecule has 2 heterocycles. The predicted octanol–water partition coefficient (Wildman–Crippen LogP) is 4.20. The van der Waals surface area contributed by atoms with Gasteiger partial charge in [-0.3, -0.25) is 9.36 Å². The Morgan fingerprint density at radius 2 is 2.27 bits per heavy atom. The van der Waals surface area contributed by atoms with Crippen molar-refractivity contribution in [2.45, 2.75) is 51.7 Å². The third-order valence-electron chi connectivity index (χ3n) is 5.52. The number of hydrogen-bond donors (Lipinski definition) is 1. The normalized spacial score (nSPS) is 16.3. The Labute approximate surface area is 187 Å². The number of thioether (sulfide) groups is 1. The van der Waals surface area contributed by atoms with Crippen LogP contribution in [-0.2, 0) is 28.9 Å². The molecule has 30 heavy (non-hydrogen) atoms. The first-order valence-corrected chi connectivity index (χ1v) is 12.2. The maximum absolute atomic E-state index is 12.0. The zero-order valence-electron chi connectivity index (χ0n) is 18.4. The van der Waals surface area contributed by atoms with Crippen LogP contribution in [0.25, 0.3) is 10.7 Å². The fraction of sp³-hybridized carbons (Fsp3) is 0.591. The van der Waals surface area contributed by atoms with Crippen molar-refractivity contribution < 1.29 is 9.53 Å². The first-order valence-electron chi connectivity index (χ1n) is 10.4. The molecule has 0 aliphatic heterocycles. The van der Waals surface area contributed by atoms with Gasteiger partial charge in [-0.25, -0.2) is 0 Å². The molecule has 0 saturated carbocycles. The van der Waals surface area contributed by atoms with Crippen molar-refractivity contribution in [1.82, 2.24) is 20.1 Å². The molecule has 0 aromatic carbocycles. The number of amides is 1. The van der Waals surface area contributed by atoms with Gasteiger partial charge in [0.15, 0.2) is 11.0 Å². The maximum Gasteiger partial charge on any atom is 0.230 e. The van der Waals surface area contributed by atoms with Gasteiger partial charge < -0.3 is 10.1 Å². The van der Waals surface area contributed by atoms with E-state index in [4.69, 9.17) is 4.74 Å². The zero-order chi connectivity index (χ0) is 21.7. The Balaban J connectivity index is 1.75. The minimum absolute atomic E-state index is 0.0356. The van der Waals surface area contributed by atoms with E-state index in [-0.39, 0.29) is 5.91 Å². The molecule has 0 saturated heterocycles. The van der Waals surface area contributed by atoms with Crippen LogP contribution in [0.15, 0.2) is 23.9 Å². The van der Waals surface area contributed by atoms with Crippen LogP contribution in [0.1, 0.15) is 37.6 Å². The number of nitrogens with zero attached hydrogens (tertiary/aromatic N) is 3. The number of carbonyl (C=O) groups is 1. The summed E-state index contributed by atoms with van der Waals surface area (Å²) in [6.07, 6.45) is 5.36. The molecule has 1 aliphatic carbocycles. The number of thiophene rings is 1. The molecule has 0 unspecified atom stereocenters. The van der Waals surface area contributed by atoms with Gasteiger partial charge in [0.05, 0.1) is 17.2 Å². The highest BCUT2D eigenvalue weighted by atomic mass is 32.2. The minimum atomic E-state index is -0.0356. The summed E-state index contributed by atoms with van der Waals surface area (Å²) >= 11 is 3.23. The van der Waals surface area contributed by atoms with Crippen molar-refractivity contribution in [3.8, 4) is 10.7 Å². The number of allylic oxidation sites excluding steroid dienone is 1. The molecule has 1 atom stereocenters. The lowest BCUT2D eigenvalue weighted by atomic mass is 9.72. The number of rotatable bonds is 9. The lowest BCUT2D eigenvalue weighted by molar-refractivity contribution is -0.118. The van der Waals surface area contributed by atoms with Gasteiger partial charge in [-0.2, -0.15) is 0 Å². The lowest BCUT2D eigenvalue weighted by Crippen LogP contribution is -2.28. The summed E-state index contributed by atoms with van der Waals surface area (Å²) in [4.78, 5) is 14.6. The molecule has 0 fully saturated rings. The third kappa shape index (κ3) is 5.53. The topological polar surface area (TPSA) is 69.0 Å². The summed E-state index contributed by atoms with van der Waals surface area (Å²) in [5.74, 6) is 1.84. The van der Waals surface area contributed by atoms with Gasteiger partial charge in [0.2, 0.25) is 5.91 Å². The summed E-state index contributed by atoms with van der Waals surface area (Å²) in [7, 11) is 1.62. The predicted molar refractivity (Wildman–Crippen MR) is 124 cm³/mol. The maximum atomic E-state index is 12.0. The van der Waals surface area contributed by atoms with Crippen molar-refractivity contribution in [3.05, 3.63) is 29.2 Å². The fourth-order valence-corrected chi connectivity index (χ4v) is 5.70. The van der Waals surface area contributed by atoms with E-state index in [0.29, 0.717) is 36.8 Å². The van der Waals surface area contributed by atoms with Gasteiger partial charge in [0.25, 0.3) is 0 Å². The number of aryl methyl sites for hydroxylation is 1. The number of methoxy groups -OCH3 is 1. The van der Waals surface area contributed by atoms with Crippen LogP contribution in [0, 0.1) is 11.3 Å². The standard InChI is InChI=1S/C22H32N4O2S2/c1-6-10-26-20(24-25-21(26)29-14-19(27)23-9-11-28-5)18-13-15-12-16(22(2,3)4)7-8-17(15)30-18/h6,13,16H,1,7-12,14H2,2-5H3,(H,23,27)/t16-/m1/s1. The quantitative estimate of drug-likeness (QED) is 0.354. The Hall–Kier alpha value is -1.64. The van der Waals surface area contributed by atoms with Crippen LogP contribution in [-0.4, -0.2) is 46.7 Å². The number of aromatic nitrogens is 3. The van der Waals surface area contributed by atoms with Crippen molar-refractivity contribution in [2.75, 3.05) is 26.0 Å². The van der Waals surface area contributed by atoms with Crippen molar-refractivity contribution >= 4 is 29.0 Å². The molecular formula is C22H32N4O2S2. The van der Waals surface area contributed by atoms with Gasteiger partial charge in [-0.15, -0.1) is 28.1 Å². The number of carbonyl (C=O) groups excluding carboxylic acids is 1. The van der Waals surface area contributed by atoms with E-state index in [1.165, 1.54) is 28.6 Å². The molecule has 1 N–H and O–H groups in total. The van der Waals surface area contributed by atoms with Crippen molar-refractivity contribution in [3.63, 3.8) is 0 Å². The fourth-order valence-electron chi connectivity index (χ4n) is 3.72. The molecule has 164 valence electrons. The van der Waals surface area contributed by atoms with Gasteiger partial charge in [-0.1, -0.05) is 38.6 Å². The van der Waals surface area contributed by atoms with E-state index < -0.39 is 0 Å². The zero-order valence-corrected chi connectivity index (χ0v) is 20.0. The molecule has 0 spiro atoms. The Bertz CT molecular complexity index is 882. The molecule has 0 bridgehead atoms. The van der Waals surface area contributed by atoms with Gasteiger partial charge in [-0.05, 0) is 42.2 Å². The van der Waals surface area contributed by atoms with Crippen molar-refractivity contribution in [2.24, 2.45) is 11.3 Å². The number of fused-ring (bicyclic) bond motifs is 1. The highest BCUT2D eigenvalue weighted by molar-refractivity contribution is 7.99. The second kappa shape index (κ2) is 10.1. The summed E-state index contributed by atoms with van der Waals surface area (Å²) in [6, 6.07) is 2.30. The molecule has 2 aromatic rings. The summed E-state index contributed by atoms with van der Waals surface area (Å²) in [6.45, 7) is 12.5. The molecule has 8 heteroatoms. The molecule has 1 amide bonds. The van der Waals surface area contributed by atoms with Gasteiger partial charge in [0, 0.05) is 25.1 Å². The Morgan fingerprint density at radius 1 is 1.47 bits per heavy atom. The van der Waals surface area contributed by atoms with Crippen molar-refractivity contribution in [1.29, 1.82) is 0 Å². The SMILES string of the molecule is C=CCn1c(SCC(=O)NCCOC)nnc1-c1cc2c(s1)CC[C@@H](C(C)(C)C)C2. The average Bonchev–Trinajstić information content (AvgIpc) is 3.29. The summed E-state index contributed by atoms with van der Waals surface area (Å²) in [5.41, 5.74) is 1.79. The molecule has 2 aromatic heterocycles. The second-order valence-electron chi connectivity index (χ2n) is 8.70. The van der Waals surface area contributed by atoms with Crippen LogP contribution in [0.4, 0.5) is 0 Å². The third-order valence-corrected chi connectivity index (χ3v) is 7.72. The minimum Gasteiger partial charge on any atom is -0.383 e. The van der Waals surface area contributed by atoms with Crippen LogP contribution in [0.3, 0.4) is 0 Å². The van der Waals surface area contributed by atoms with E-state index >= 15 is 0 Å². The molecule has 0 radical (unpaired) electrons. The van der Waals surface area contributed by atoms with Crippen LogP contribution >= 0.6 is 23.1 Å². The molecule has 3 rings (SSSR count). The monoisotopic (exact) mass is 448 g/mol. The van der Waals surface area contributed by atoms with Gasteiger partial charge >= 0.3 is 0 Å². The number of nitrogens with one attached hydrogen (secondary N) is 1. The van der Waals surface area contributed by atoms with Crippen LogP contribution in [0.5, 0.6) is 0 Å². The van der Waals surface area contributed by atoms with E-state index in [1.807, 2.05) is 17.4 Å². The molecular weight excluding hydrogens is 416 g/mol. The van der Waals surface area contributed by atoms with E-state index in [1.54, 1.807) is 7.11 Å². The van der Waals surface area contributed by atoms with Crippen LogP contribution < -0.4 is 5.32 Å². The average molecular weight is 449 g/mol.